The number of amides is 1. The van der Waals surface area contributed by atoms with Crippen LogP contribution >= 0.6 is 0 Å². The molecule has 0 N–H and O–H groups in total. The molecule has 0 aliphatic carbocycles. The molecule has 2 aromatic carbocycles. The standard InChI is InChI=1S/C19H15FN2O2/c1-12(23)22-11-16(15-7-6-14(20)10-18(15)22)19(24)21-9-8-13-4-2-3-5-17(13)21/h2-7,10-11H,8-9H2,1H3. The number of carbonyl (C=O) groups is 2. The first-order valence-corrected chi connectivity index (χ1v) is 7.77. The van der Waals surface area contributed by atoms with E-state index in [0.717, 1.165) is 17.7 Å². The molecule has 3 aromatic rings. The van der Waals surface area contributed by atoms with Gasteiger partial charge in [0.2, 0.25) is 5.91 Å². The molecule has 4 nitrogen and oxygen atoms in total. The molecule has 2 heterocycles. The van der Waals surface area contributed by atoms with E-state index in [4.69, 9.17) is 0 Å². The maximum Gasteiger partial charge on any atom is 0.260 e. The van der Waals surface area contributed by atoms with E-state index < -0.39 is 5.82 Å². The highest BCUT2D eigenvalue weighted by atomic mass is 19.1. The van der Waals surface area contributed by atoms with Crippen molar-refractivity contribution in [2.24, 2.45) is 0 Å². The SMILES string of the molecule is CC(=O)n1cc(C(=O)N2CCc3ccccc32)c2ccc(F)cc21. The monoisotopic (exact) mass is 322 g/mol. The molecule has 0 saturated heterocycles. The number of benzene rings is 2. The van der Waals surface area contributed by atoms with Crippen LogP contribution in [0.5, 0.6) is 0 Å². The summed E-state index contributed by atoms with van der Waals surface area (Å²) in [6.45, 7) is 2.00. The van der Waals surface area contributed by atoms with Crippen molar-refractivity contribution in [3.05, 3.63) is 65.6 Å². The molecule has 1 aliphatic rings. The summed E-state index contributed by atoms with van der Waals surface area (Å²) < 4.78 is 14.9. The van der Waals surface area contributed by atoms with Crippen LogP contribution in [0.3, 0.4) is 0 Å². The first kappa shape index (κ1) is 14.6. The minimum Gasteiger partial charge on any atom is -0.308 e. The highest BCUT2D eigenvalue weighted by molar-refractivity contribution is 6.16. The van der Waals surface area contributed by atoms with Crippen LogP contribution in [0.25, 0.3) is 10.9 Å². The topological polar surface area (TPSA) is 42.3 Å². The van der Waals surface area contributed by atoms with E-state index in [2.05, 4.69) is 0 Å². The zero-order valence-electron chi connectivity index (χ0n) is 13.1. The van der Waals surface area contributed by atoms with Gasteiger partial charge < -0.3 is 4.90 Å². The average Bonchev–Trinajstić information content (AvgIpc) is 3.15. The number of aromatic nitrogens is 1. The Balaban J connectivity index is 1.85. The first-order valence-electron chi connectivity index (χ1n) is 7.77. The Kier molecular flexibility index (Phi) is 3.23. The number of hydrogen-bond donors (Lipinski definition) is 0. The van der Waals surface area contributed by atoms with Gasteiger partial charge in [0.05, 0.1) is 11.1 Å². The molecule has 4 rings (SSSR count). The van der Waals surface area contributed by atoms with Crippen LogP contribution < -0.4 is 4.90 Å². The third-order valence-corrected chi connectivity index (χ3v) is 4.47. The fourth-order valence-corrected chi connectivity index (χ4v) is 3.33. The summed E-state index contributed by atoms with van der Waals surface area (Å²) in [4.78, 5) is 26.6. The number of nitrogens with zero attached hydrogens (tertiary/aromatic N) is 2. The van der Waals surface area contributed by atoms with Crippen molar-refractivity contribution in [1.82, 2.24) is 4.57 Å². The fraction of sp³-hybridized carbons (Fsp3) is 0.158. The average molecular weight is 322 g/mol. The summed E-state index contributed by atoms with van der Waals surface area (Å²) in [6, 6.07) is 11.9. The third-order valence-electron chi connectivity index (χ3n) is 4.47. The van der Waals surface area contributed by atoms with Gasteiger partial charge in [-0.3, -0.25) is 14.2 Å². The van der Waals surface area contributed by atoms with Gasteiger partial charge in [0, 0.05) is 30.7 Å². The number of rotatable bonds is 1. The van der Waals surface area contributed by atoms with Gasteiger partial charge in [-0.1, -0.05) is 18.2 Å². The summed E-state index contributed by atoms with van der Waals surface area (Å²) in [7, 11) is 0. The maximum absolute atomic E-state index is 13.6. The molecule has 24 heavy (non-hydrogen) atoms. The van der Waals surface area contributed by atoms with E-state index in [9.17, 15) is 14.0 Å². The largest absolute Gasteiger partial charge is 0.308 e. The van der Waals surface area contributed by atoms with Crippen LogP contribution in [-0.4, -0.2) is 22.9 Å². The van der Waals surface area contributed by atoms with Crippen molar-refractivity contribution in [3.63, 3.8) is 0 Å². The van der Waals surface area contributed by atoms with Gasteiger partial charge in [-0.2, -0.15) is 0 Å². The van der Waals surface area contributed by atoms with Gasteiger partial charge in [0.25, 0.3) is 5.91 Å². The second-order valence-corrected chi connectivity index (χ2v) is 5.93. The van der Waals surface area contributed by atoms with Crippen LogP contribution in [0.2, 0.25) is 0 Å². The molecule has 0 fully saturated rings. The van der Waals surface area contributed by atoms with E-state index in [1.165, 1.54) is 29.8 Å². The van der Waals surface area contributed by atoms with Crippen LogP contribution in [0.4, 0.5) is 10.1 Å². The van der Waals surface area contributed by atoms with Crippen LogP contribution in [-0.2, 0) is 6.42 Å². The van der Waals surface area contributed by atoms with Crippen molar-refractivity contribution in [3.8, 4) is 0 Å². The Morgan fingerprint density at radius 1 is 1.12 bits per heavy atom. The van der Waals surface area contributed by atoms with Crippen molar-refractivity contribution < 1.29 is 14.0 Å². The number of halogens is 1. The van der Waals surface area contributed by atoms with Gasteiger partial charge in [0.15, 0.2) is 0 Å². The second-order valence-electron chi connectivity index (χ2n) is 5.93. The number of carbonyl (C=O) groups excluding carboxylic acids is 2. The zero-order valence-corrected chi connectivity index (χ0v) is 13.1. The molecule has 0 spiro atoms. The molecule has 0 atom stereocenters. The molecule has 120 valence electrons. The summed E-state index contributed by atoms with van der Waals surface area (Å²) in [5.74, 6) is -0.864. The van der Waals surface area contributed by atoms with Gasteiger partial charge in [-0.05, 0) is 36.2 Å². The highest BCUT2D eigenvalue weighted by Gasteiger charge is 2.28. The third kappa shape index (κ3) is 2.12. The Morgan fingerprint density at radius 3 is 2.71 bits per heavy atom. The number of anilines is 1. The summed E-state index contributed by atoms with van der Waals surface area (Å²) in [5.41, 5.74) is 2.86. The Hall–Kier alpha value is -2.95. The second kappa shape index (κ2) is 5.30. The summed E-state index contributed by atoms with van der Waals surface area (Å²) in [6.07, 6.45) is 2.32. The van der Waals surface area contributed by atoms with Crippen molar-refractivity contribution >= 4 is 28.4 Å². The first-order chi connectivity index (χ1) is 11.6. The number of fused-ring (bicyclic) bond motifs is 2. The van der Waals surface area contributed by atoms with Gasteiger partial charge in [-0.15, -0.1) is 0 Å². The lowest BCUT2D eigenvalue weighted by Crippen LogP contribution is -2.28. The molecule has 0 bridgehead atoms. The Bertz CT molecular complexity index is 990. The van der Waals surface area contributed by atoms with Crippen molar-refractivity contribution in [2.45, 2.75) is 13.3 Å². The molecule has 0 radical (unpaired) electrons. The smallest absolute Gasteiger partial charge is 0.260 e. The predicted molar refractivity (Wildman–Crippen MR) is 90.0 cm³/mol. The van der Waals surface area contributed by atoms with E-state index in [0.29, 0.717) is 23.0 Å². The number of hydrogen-bond acceptors (Lipinski definition) is 2. The van der Waals surface area contributed by atoms with E-state index in [-0.39, 0.29) is 11.8 Å². The quantitative estimate of drug-likeness (QED) is 0.686. The molecule has 5 heteroatoms. The van der Waals surface area contributed by atoms with Crippen molar-refractivity contribution in [1.29, 1.82) is 0 Å². The fourth-order valence-electron chi connectivity index (χ4n) is 3.33. The molecule has 1 aromatic heterocycles. The molecule has 1 amide bonds. The lowest BCUT2D eigenvalue weighted by Gasteiger charge is -2.16. The molecule has 1 aliphatic heterocycles. The van der Waals surface area contributed by atoms with Crippen LogP contribution in [0, 0.1) is 5.82 Å². The molecule has 0 unspecified atom stereocenters. The van der Waals surface area contributed by atoms with Crippen LogP contribution in [0.1, 0.15) is 27.6 Å². The van der Waals surface area contributed by atoms with E-state index in [1.54, 1.807) is 11.0 Å². The predicted octanol–water partition coefficient (Wildman–Crippen LogP) is 3.64. The van der Waals surface area contributed by atoms with E-state index in [1.807, 2.05) is 24.3 Å². The van der Waals surface area contributed by atoms with Crippen LogP contribution in [0.15, 0.2) is 48.7 Å². The van der Waals surface area contributed by atoms with Gasteiger partial charge >= 0.3 is 0 Å². The molecule has 0 saturated carbocycles. The van der Waals surface area contributed by atoms with Crippen molar-refractivity contribution in [2.75, 3.05) is 11.4 Å². The minimum atomic E-state index is -0.436. The van der Waals surface area contributed by atoms with Gasteiger partial charge in [0.1, 0.15) is 5.82 Å². The summed E-state index contributed by atoms with van der Waals surface area (Å²) >= 11 is 0. The Labute approximate surface area is 138 Å². The lowest BCUT2D eigenvalue weighted by atomic mass is 10.1. The maximum atomic E-state index is 13.6. The number of para-hydroxylation sites is 1. The normalized spacial score (nSPS) is 13.3. The van der Waals surface area contributed by atoms with E-state index >= 15 is 0 Å². The minimum absolute atomic E-state index is 0.170. The highest BCUT2D eigenvalue weighted by Crippen LogP contribution is 2.31. The Morgan fingerprint density at radius 2 is 1.92 bits per heavy atom. The molecular formula is C19H15FN2O2. The van der Waals surface area contributed by atoms with Gasteiger partial charge in [-0.25, -0.2) is 4.39 Å². The zero-order chi connectivity index (χ0) is 16.8. The lowest BCUT2D eigenvalue weighted by molar-refractivity contribution is 0.0941. The molecular weight excluding hydrogens is 307 g/mol. The summed E-state index contributed by atoms with van der Waals surface area (Å²) in [5, 5.41) is 0.584.